The molecule has 1 aromatic carbocycles. The van der Waals surface area contributed by atoms with Gasteiger partial charge in [-0.2, -0.15) is 10.4 Å². The second-order valence-corrected chi connectivity index (χ2v) is 3.71. The van der Waals surface area contributed by atoms with Gasteiger partial charge in [-0.3, -0.25) is 10.1 Å². The van der Waals surface area contributed by atoms with Crippen molar-refractivity contribution in [2.75, 3.05) is 0 Å². The van der Waals surface area contributed by atoms with Crippen LogP contribution in [-0.4, -0.2) is 19.6 Å². The maximum absolute atomic E-state index is 11.8. The van der Waals surface area contributed by atoms with Crippen LogP contribution in [0.15, 0.2) is 24.4 Å². The van der Waals surface area contributed by atoms with Crippen LogP contribution >= 0.6 is 0 Å². The number of benzene rings is 1. The summed E-state index contributed by atoms with van der Waals surface area (Å²) in [5.74, 6) is 0. The van der Waals surface area contributed by atoms with Gasteiger partial charge in [0.25, 0.3) is 11.2 Å². The molecular weight excluding hydrogens is 252 g/mol. The van der Waals surface area contributed by atoms with E-state index in [1.807, 2.05) is 6.07 Å². The van der Waals surface area contributed by atoms with E-state index in [4.69, 9.17) is 5.26 Å². The molecule has 0 N–H and O–H groups in total. The fraction of sp³-hybridized carbons (Fsp3) is 0. The highest BCUT2D eigenvalue weighted by Gasteiger charge is 2.19. The lowest BCUT2D eigenvalue weighted by atomic mass is 10.2. The lowest BCUT2D eigenvalue weighted by Crippen LogP contribution is -2.33. The van der Waals surface area contributed by atoms with Gasteiger partial charge in [-0.05, 0) is 10.9 Å². The number of hydrogen-bond donors (Lipinski definition) is 0. The molecule has 0 aliphatic heterocycles. The van der Waals surface area contributed by atoms with Crippen LogP contribution in [-0.2, 0) is 0 Å². The minimum absolute atomic E-state index is 0.00860. The Morgan fingerprint density at radius 2 is 2.26 bits per heavy atom. The third kappa shape index (κ3) is 1.44. The van der Waals surface area contributed by atoms with E-state index in [-0.39, 0.29) is 27.3 Å². The summed E-state index contributed by atoms with van der Waals surface area (Å²) in [5.41, 5.74) is 0.399. The van der Waals surface area contributed by atoms with Gasteiger partial charge in [0.15, 0.2) is 0 Å². The maximum Gasteiger partial charge on any atom is 0.277 e. The van der Waals surface area contributed by atoms with Gasteiger partial charge in [-0.25, -0.2) is 4.52 Å². The van der Waals surface area contributed by atoms with Gasteiger partial charge in [0.05, 0.1) is 17.2 Å². The van der Waals surface area contributed by atoms with Gasteiger partial charge in [0.2, 0.25) is 5.65 Å². The maximum atomic E-state index is 11.8. The van der Waals surface area contributed by atoms with Gasteiger partial charge in [0, 0.05) is 11.2 Å². The molecule has 9 nitrogen and oxygen atoms in total. The molecule has 0 aliphatic rings. The smallest absolute Gasteiger partial charge is 0.277 e. The second-order valence-electron chi connectivity index (χ2n) is 3.71. The first-order valence-corrected chi connectivity index (χ1v) is 5.07. The third-order valence-electron chi connectivity index (χ3n) is 2.65. The van der Waals surface area contributed by atoms with Gasteiger partial charge >= 0.3 is 0 Å². The molecule has 0 amide bonds. The lowest BCUT2D eigenvalue weighted by molar-refractivity contribution is -0.640. The molecule has 3 rings (SSSR count). The van der Waals surface area contributed by atoms with Crippen molar-refractivity contribution in [2.45, 2.75) is 0 Å². The average Bonchev–Trinajstić information content (AvgIpc) is 2.81. The monoisotopic (exact) mass is 256 g/mol. The number of fused-ring (bicyclic) bond motifs is 3. The van der Waals surface area contributed by atoms with Crippen molar-refractivity contribution in [1.29, 1.82) is 5.26 Å². The summed E-state index contributed by atoms with van der Waals surface area (Å²) < 4.78 is 1.30. The summed E-state index contributed by atoms with van der Waals surface area (Å²) >= 11 is 0. The summed E-state index contributed by atoms with van der Waals surface area (Å²) in [6.45, 7) is 0. The van der Waals surface area contributed by atoms with E-state index in [0.717, 1.165) is 6.07 Å². The van der Waals surface area contributed by atoms with E-state index in [9.17, 15) is 15.3 Å². The van der Waals surface area contributed by atoms with Crippen LogP contribution in [0.25, 0.3) is 16.7 Å². The van der Waals surface area contributed by atoms with Crippen molar-refractivity contribution in [3.63, 3.8) is 0 Å². The van der Waals surface area contributed by atoms with Crippen LogP contribution < -0.4 is 4.85 Å². The van der Waals surface area contributed by atoms with Crippen LogP contribution in [0.2, 0.25) is 0 Å². The summed E-state index contributed by atoms with van der Waals surface area (Å²) in [5, 5.41) is 38.9. The van der Waals surface area contributed by atoms with Gasteiger partial charge in [0.1, 0.15) is 17.1 Å². The number of nitro groups is 1. The highest BCUT2D eigenvalue weighted by molar-refractivity contribution is 5.77. The van der Waals surface area contributed by atoms with E-state index < -0.39 is 4.92 Å². The fourth-order valence-electron chi connectivity index (χ4n) is 1.79. The van der Waals surface area contributed by atoms with Crippen molar-refractivity contribution in [3.05, 3.63) is 45.3 Å². The molecule has 0 saturated heterocycles. The number of aromatic nitrogens is 4. The molecular formula is C10H4N6O3. The van der Waals surface area contributed by atoms with Crippen LogP contribution in [0.4, 0.5) is 5.69 Å². The summed E-state index contributed by atoms with van der Waals surface area (Å²) in [6.07, 6.45) is 1.28. The zero-order valence-electron chi connectivity index (χ0n) is 9.22. The Kier molecular flexibility index (Phi) is 2.06. The molecule has 0 bridgehead atoms. The predicted molar refractivity (Wildman–Crippen MR) is 60.8 cm³/mol. The van der Waals surface area contributed by atoms with Crippen molar-refractivity contribution in [2.24, 2.45) is 0 Å². The molecule has 2 aromatic heterocycles. The van der Waals surface area contributed by atoms with E-state index in [1.165, 1.54) is 22.8 Å². The first kappa shape index (κ1) is 10.8. The molecule has 0 atom stereocenters. The Morgan fingerprint density at radius 3 is 2.95 bits per heavy atom. The van der Waals surface area contributed by atoms with Gasteiger partial charge in [-0.1, -0.05) is 0 Å². The first-order valence-electron chi connectivity index (χ1n) is 5.07. The molecule has 0 aliphatic carbocycles. The minimum atomic E-state index is -0.604. The molecule has 19 heavy (non-hydrogen) atoms. The largest absolute Gasteiger partial charge is 0.594 e. The van der Waals surface area contributed by atoms with Crippen molar-refractivity contribution in [1.82, 2.24) is 14.7 Å². The molecule has 0 saturated carbocycles. The van der Waals surface area contributed by atoms with Crippen LogP contribution in [0, 0.1) is 26.7 Å². The number of nitriles is 1. The highest BCUT2D eigenvalue weighted by atomic mass is 16.6. The molecule has 3 aromatic rings. The molecule has 0 spiro atoms. The van der Waals surface area contributed by atoms with E-state index >= 15 is 0 Å². The van der Waals surface area contributed by atoms with Crippen molar-refractivity contribution in [3.8, 4) is 6.07 Å². The van der Waals surface area contributed by atoms with E-state index in [2.05, 4.69) is 10.2 Å². The quantitative estimate of drug-likeness (QED) is 0.267. The minimum Gasteiger partial charge on any atom is -0.594 e. The fourth-order valence-corrected chi connectivity index (χ4v) is 1.79. The standard InChI is InChI=1S/C10H4N6O3/c11-4-6-5-12-14-8-2-1-7(16(18)19)3-9(8)15(17)13-10(6)14/h1-3,5H. The van der Waals surface area contributed by atoms with Crippen LogP contribution in [0.5, 0.6) is 0 Å². The number of hydrogen-bond acceptors (Lipinski definition) is 6. The first-order chi connectivity index (χ1) is 9.11. The summed E-state index contributed by atoms with van der Waals surface area (Å²) in [4.78, 5) is 10.3. The van der Waals surface area contributed by atoms with E-state index in [1.54, 1.807) is 0 Å². The lowest BCUT2D eigenvalue weighted by Gasteiger charge is -2.01. The Morgan fingerprint density at radius 1 is 1.47 bits per heavy atom. The van der Waals surface area contributed by atoms with Gasteiger partial charge in [-0.15, -0.1) is 0 Å². The normalized spacial score (nSPS) is 10.7. The predicted octanol–water partition coefficient (Wildman–Crippen LogP) is 0.296. The van der Waals surface area contributed by atoms with Gasteiger partial charge < -0.3 is 5.21 Å². The second kappa shape index (κ2) is 3.61. The van der Waals surface area contributed by atoms with Crippen LogP contribution in [0.3, 0.4) is 0 Å². The van der Waals surface area contributed by atoms with Crippen molar-refractivity contribution < 1.29 is 9.77 Å². The Balaban J connectivity index is 2.47. The number of nitro benzene ring substituents is 1. The third-order valence-corrected chi connectivity index (χ3v) is 2.65. The molecule has 0 fully saturated rings. The SMILES string of the molecule is N#Cc1cnn2c1n[n+]([O-])c1cc([N+](=O)[O-])ccc12. The number of non-ortho nitro benzene ring substituents is 1. The Labute approximate surface area is 104 Å². The van der Waals surface area contributed by atoms with E-state index in [0.29, 0.717) is 5.52 Å². The van der Waals surface area contributed by atoms with Crippen molar-refractivity contribution >= 4 is 22.4 Å². The topological polar surface area (TPSA) is 124 Å². The summed E-state index contributed by atoms with van der Waals surface area (Å²) in [6, 6.07) is 5.63. The Hall–Kier alpha value is -3.28. The molecule has 0 radical (unpaired) electrons. The zero-order chi connectivity index (χ0) is 13.6. The molecule has 0 unspecified atom stereocenters. The number of nitrogens with zero attached hydrogens (tertiary/aromatic N) is 6. The summed E-state index contributed by atoms with van der Waals surface area (Å²) in [7, 11) is 0. The average molecular weight is 256 g/mol. The molecule has 2 heterocycles. The van der Waals surface area contributed by atoms with Crippen LogP contribution in [0.1, 0.15) is 5.56 Å². The number of rotatable bonds is 1. The zero-order valence-corrected chi connectivity index (χ0v) is 9.22. The molecule has 92 valence electrons. The Bertz CT molecular complexity index is 878. The molecule has 9 heteroatoms. The highest BCUT2D eigenvalue weighted by Crippen LogP contribution is 2.19.